The molecule has 2 aromatic heterocycles. The van der Waals surface area contributed by atoms with Crippen LogP contribution in [0.2, 0.25) is 0 Å². The van der Waals surface area contributed by atoms with Gasteiger partial charge >= 0.3 is 0 Å². The topological polar surface area (TPSA) is 54.7 Å². The number of rotatable bonds is 1. The fourth-order valence-electron chi connectivity index (χ4n) is 3.44. The summed E-state index contributed by atoms with van der Waals surface area (Å²) in [6.45, 7) is 4.24. The molecule has 0 spiro atoms. The Morgan fingerprint density at radius 2 is 2.00 bits per heavy atom. The molecule has 3 aromatic rings. The van der Waals surface area contributed by atoms with Crippen molar-refractivity contribution in [3.8, 4) is 11.4 Å². The minimum atomic E-state index is 0.912. The number of hydrogen-bond donors (Lipinski definition) is 2. The lowest BCUT2D eigenvalue weighted by molar-refractivity contribution is 0.698. The van der Waals surface area contributed by atoms with Crippen LogP contribution in [0.1, 0.15) is 34.4 Å². The number of thiophene rings is 1. The van der Waals surface area contributed by atoms with E-state index in [4.69, 9.17) is 10.7 Å². The zero-order valence-corrected chi connectivity index (χ0v) is 13.2. The van der Waals surface area contributed by atoms with Gasteiger partial charge in [-0.2, -0.15) is 0 Å². The van der Waals surface area contributed by atoms with E-state index in [1.54, 1.807) is 11.3 Å². The molecule has 108 valence electrons. The molecule has 21 heavy (non-hydrogen) atoms. The predicted octanol–water partition coefficient (Wildman–Crippen LogP) is 4.37. The highest BCUT2D eigenvalue weighted by atomic mass is 32.1. The van der Waals surface area contributed by atoms with Crippen LogP contribution < -0.4 is 5.73 Å². The maximum absolute atomic E-state index is 6.30. The van der Waals surface area contributed by atoms with Crippen LogP contribution in [0.5, 0.6) is 0 Å². The number of nitrogens with zero attached hydrogens (tertiary/aromatic N) is 1. The van der Waals surface area contributed by atoms with E-state index in [1.165, 1.54) is 40.8 Å². The summed E-state index contributed by atoms with van der Waals surface area (Å²) in [6, 6.07) is 4.34. The van der Waals surface area contributed by atoms with Gasteiger partial charge in [0.25, 0.3) is 0 Å². The van der Waals surface area contributed by atoms with Crippen LogP contribution in [0.4, 0.5) is 5.00 Å². The normalized spacial score (nSPS) is 14.6. The van der Waals surface area contributed by atoms with Gasteiger partial charge in [-0.05, 0) is 62.3 Å². The first-order valence-corrected chi connectivity index (χ1v) is 8.32. The van der Waals surface area contributed by atoms with Crippen molar-refractivity contribution in [2.24, 2.45) is 0 Å². The summed E-state index contributed by atoms with van der Waals surface area (Å²) in [5.74, 6) is 0.940. The Morgan fingerprint density at radius 1 is 1.19 bits per heavy atom. The number of imidazole rings is 1. The largest absolute Gasteiger partial charge is 0.390 e. The van der Waals surface area contributed by atoms with E-state index in [-0.39, 0.29) is 0 Å². The Kier molecular flexibility index (Phi) is 2.82. The number of nitrogens with two attached hydrogens (primary N) is 1. The molecule has 3 N–H and O–H groups in total. The number of H-pyrrole nitrogens is 1. The van der Waals surface area contributed by atoms with Gasteiger partial charge in [0.2, 0.25) is 0 Å². The van der Waals surface area contributed by atoms with Gasteiger partial charge in [0, 0.05) is 4.88 Å². The first-order chi connectivity index (χ1) is 10.1. The third-order valence-electron chi connectivity index (χ3n) is 4.36. The molecule has 0 saturated heterocycles. The van der Waals surface area contributed by atoms with Gasteiger partial charge in [-0.25, -0.2) is 4.98 Å². The smallest absolute Gasteiger partial charge is 0.141 e. The summed E-state index contributed by atoms with van der Waals surface area (Å²) in [4.78, 5) is 9.78. The molecule has 0 saturated carbocycles. The van der Waals surface area contributed by atoms with Crippen LogP contribution in [0.15, 0.2) is 12.1 Å². The number of aromatic nitrogens is 2. The lowest BCUT2D eigenvalue weighted by Gasteiger charge is -2.11. The Morgan fingerprint density at radius 3 is 2.86 bits per heavy atom. The highest BCUT2D eigenvalue weighted by Gasteiger charge is 2.22. The first-order valence-electron chi connectivity index (χ1n) is 7.51. The van der Waals surface area contributed by atoms with Crippen LogP contribution in [-0.4, -0.2) is 9.97 Å². The highest BCUT2D eigenvalue weighted by molar-refractivity contribution is 7.16. The van der Waals surface area contributed by atoms with Gasteiger partial charge in [-0.15, -0.1) is 11.3 Å². The van der Waals surface area contributed by atoms with Gasteiger partial charge in [0.15, 0.2) is 0 Å². The van der Waals surface area contributed by atoms with E-state index >= 15 is 0 Å². The minimum absolute atomic E-state index is 0.912. The lowest BCUT2D eigenvalue weighted by Crippen LogP contribution is -2.00. The summed E-state index contributed by atoms with van der Waals surface area (Å²) in [5.41, 5.74) is 13.5. The second-order valence-corrected chi connectivity index (χ2v) is 7.15. The quantitative estimate of drug-likeness (QED) is 0.700. The summed E-state index contributed by atoms with van der Waals surface area (Å²) < 4.78 is 0. The van der Waals surface area contributed by atoms with Crippen molar-refractivity contribution in [1.82, 2.24) is 9.97 Å². The number of aryl methyl sites for hydroxylation is 3. The summed E-state index contributed by atoms with van der Waals surface area (Å²) in [5, 5.41) is 0.912. The minimum Gasteiger partial charge on any atom is -0.390 e. The van der Waals surface area contributed by atoms with E-state index in [1.807, 2.05) is 0 Å². The molecule has 1 aliphatic rings. The molecule has 2 heterocycles. The molecule has 0 fully saturated rings. The van der Waals surface area contributed by atoms with Crippen LogP contribution in [-0.2, 0) is 12.8 Å². The second-order valence-electron chi connectivity index (χ2n) is 6.01. The predicted molar refractivity (Wildman–Crippen MR) is 89.9 cm³/mol. The molecule has 0 bridgehead atoms. The third kappa shape index (κ3) is 1.97. The van der Waals surface area contributed by atoms with Crippen molar-refractivity contribution in [1.29, 1.82) is 0 Å². The number of nitrogen functional groups attached to an aromatic ring is 1. The van der Waals surface area contributed by atoms with Crippen molar-refractivity contribution >= 4 is 27.4 Å². The first kappa shape index (κ1) is 12.9. The second kappa shape index (κ2) is 4.60. The maximum atomic E-state index is 6.30. The fraction of sp³-hybridized carbons (Fsp3) is 0.353. The molecule has 0 atom stereocenters. The van der Waals surface area contributed by atoms with Crippen LogP contribution in [0, 0.1) is 13.8 Å². The maximum Gasteiger partial charge on any atom is 0.141 e. The summed E-state index contributed by atoms with van der Waals surface area (Å²) >= 11 is 1.75. The van der Waals surface area contributed by atoms with Gasteiger partial charge < -0.3 is 10.7 Å². The molecule has 4 heteroatoms. The van der Waals surface area contributed by atoms with Gasteiger partial charge in [-0.3, -0.25) is 0 Å². The molecule has 0 radical (unpaired) electrons. The average Bonchev–Trinajstić information content (AvgIpc) is 2.98. The molecule has 4 rings (SSSR count). The molecule has 1 aromatic carbocycles. The number of aromatic amines is 1. The molecule has 3 nitrogen and oxygen atoms in total. The summed E-state index contributed by atoms with van der Waals surface area (Å²) in [7, 11) is 0. The molecular weight excluding hydrogens is 278 g/mol. The highest BCUT2D eigenvalue weighted by Crippen LogP contribution is 2.42. The molecule has 0 unspecified atom stereocenters. The van der Waals surface area contributed by atoms with E-state index < -0.39 is 0 Å². The van der Waals surface area contributed by atoms with Crippen molar-refractivity contribution in [2.75, 3.05) is 5.73 Å². The fourth-order valence-corrected chi connectivity index (χ4v) is 4.60. The third-order valence-corrected chi connectivity index (χ3v) is 5.48. The standard InChI is InChI=1S/C17H19N3S/c1-9-7-10(2)15-12(8-9)19-17(20-15)14-11-5-3-4-6-13(11)21-16(14)18/h7-8H,3-6,18H2,1-2H3,(H,19,20). The van der Waals surface area contributed by atoms with Crippen molar-refractivity contribution in [3.63, 3.8) is 0 Å². The monoisotopic (exact) mass is 297 g/mol. The number of hydrogen-bond acceptors (Lipinski definition) is 3. The number of benzene rings is 1. The van der Waals surface area contributed by atoms with Crippen molar-refractivity contribution < 1.29 is 0 Å². The van der Waals surface area contributed by atoms with Crippen LogP contribution in [0.3, 0.4) is 0 Å². The van der Waals surface area contributed by atoms with Crippen LogP contribution >= 0.6 is 11.3 Å². The zero-order valence-electron chi connectivity index (χ0n) is 12.4. The van der Waals surface area contributed by atoms with E-state index in [2.05, 4.69) is 31.0 Å². The SMILES string of the molecule is Cc1cc(C)c2nc(-c3c(N)sc4c3CCCC4)[nH]c2c1. The average molecular weight is 297 g/mol. The number of anilines is 1. The van der Waals surface area contributed by atoms with Crippen molar-refractivity contribution in [3.05, 3.63) is 33.7 Å². The Bertz CT molecular complexity index is 841. The van der Waals surface area contributed by atoms with Gasteiger partial charge in [-0.1, -0.05) is 6.07 Å². The van der Waals surface area contributed by atoms with E-state index in [0.29, 0.717) is 0 Å². The number of fused-ring (bicyclic) bond motifs is 2. The Balaban J connectivity index is 1.95. The van der Waals surface area contributed by atoms with E-state index in [9.17, 15) is 0 Å². The number of nitrogens with one attached hydrogen (secondary N) is 1. The van der Waals surface area contributed by atoms with Crippen molar-refractivity contribution in [2.45, 2.75) is 39.5 Å². The van der Waals surface area contributed by atoms with Gasteiger partial charge in [0.05, 0.1) is 21.6 Å². The molecule has 0 amide bonds. The Hall–Kier alpha value is -1.81. The zero-order chi connectivity index (χ0) is 14.6. The van der Waals surface area contributed by atoms with Crippen LogP contribution in [0.25, 0.3) is 22.4 Å². The Labute approximate surface area is 128 Å². The lowest BCUT2D eigenvalue weighted by atomic mass is 9.95. The molecule has 1 aliphatic carbocycles. The molecular formula is C17H19N3S. The molecule has 0 aliphatic heterocycles. The van der Waals surface area contributed by atoms with Gasteiger partial charge in [0.1, 0.15) is 5.82 Å². The summed E-state index contributed by atoms with van der Waals surface area (Å²) in [6.07, 6.45) is 4.84. The van der Waals surface area contributed by atoms with E-state index in [0.717, 1.165) is 33.8 Å².